The van der Waals surface area contributed by atoms with Crippen LogP contribution in [-0.4, -0.2) is 36.0 Å². The molecule has 5 nitrogen and oxygen atoms in total. The molecule has 1 atom stereocenters. The molecule has 1 heterocycles. The Morgan fingerprint density at radius 1 is 1.43 bits per heavy atom. The van der Waals surface area contributed by atoms with Crippen molar-refractivity contribution >= 4 is 11.9 Å². The Kier molecular flexibility index (Phi) is 3.41. The fourth-order valence-corrected chi connectivity index (χ4v) is 2.73. The first kappa shape index (κ1) is 14.0. The van der Waals surface area contributed by atoms with Gasteiger partial charge in [-0.1, -0.05) is 12.1 Å². The van der Waals surface area contributed by atoms with E-state index >= 15 is 0 Å². The van der Waals surface area contributed by atoms with Gasteiger partial charge in [0.15, 0.2) is 0 Å². The van der Waals surface area contributed by atoms with Crippen LogP contribution in [0.2, 0.25) is 0 Å². The molecule has 1 saturated heterocycles. The topological polar surface area (TPSA) is 58.6 Å². The van der Waals surface area contributed by atoms with Crippen molar-refractivity contribution in [2.24, 2.45) is 0 Å². The number of hydrogen-bond donors (Lipinski definition) is 1. The maximum absolute atomic E-state index is 13.0. The molecule has 1 aliphatic heterocycles. The number of nitrogens with one attached hydrogen (secondary N) is 1. The lowest BCUT2D eigenvalue weighted by molar-refractivity contribution is -0.141. The summed E-state index contributed by atoms with van der Waals surface area (Å²) in [5, 5.41) is 3.32. The number of methoxy groups -OCH3 is 1. The van der Waals surface area contributed by atoms with Gasteiger partial charge >= 0.3 is 5.97 Å². The SMILES string of the molecule is COC(=O)CCN1C(=O)C2(CC2)NC1c1ccc(F)cc1. The summed E-state index contributed by atoms with van der Waals surface area (Å²) >= 11 is 0. The molecular weight excluding hydrogens is 275 g/mol. The number of amides is 1. The van der Waals surface area contributed by atoms with Gasteiger partial charge in [0.2, 0.25) is 5.91 Å². The van der Waals surface area contributed by atoms with Gasteiger partial charge in [0.05, 0.1) is 13.5 Å². The Balaban J connectivity index is 1.81. The number of halogens is 1. The van der Waals surface area contributed by atoms with Crippen molar-refractivity contribution in [3.8, 4) is 0 Å². The molecule has 6 heteroatoms. The highest BCUT2D eigenvalue weighted by atomic mass is 19.1. The van der Waals surface area contributed by atoms with Crippen LogP contribution in [0.15, 0.2) is 24.3 Å². The number of rotatable bonds is 4. The molecule has 1 aromatic rings. The van der Waals surface area contributed by atoms with Crippen LogP contribution in [0.1, 0.15) is 31.0 Å². The Morgan fingerprint density at radius 3 is 2.67 bits per heavy atom. The summed E-state index contributed by atoms with van der Waals surface area (Å²) in [5.74, 6) is -0.650. The molecule has 1 aliphatic carbocycles. The zero-order valence-corrected chi connectivity index (χ0v) is 11.8. The third kappa shape index (κ3) is 2.51. The quantitative estimate of drug-likeness (QED) is 0.851. The summed E-state index contributed by atoms with van der Waals surface area (Å²) < 4.78 is 17.7. The Labute approximate surface area is 122 Å². The van der Waals surface area contributed by atoms with Gasteiger partial charge in [0, 0.05) is 6.54 Å². The Bertz CT molecular complexity index is 569. The van der Waals surface area contributed by atoms with E-state index < -0.39 is 5.54 Å². The Hall–Kier alpha value is -1.95. The molecule has 1 unspecified atom stereocenters. The smallest absolute Gasteiger partial charge is 0.307 e. The molecule has 2 fully saturated rings. The van der Waals surface area contributed by atoms with Crippen molar-refractivity contribution in [3.63, 3.8) is 0 Å². The lowest BCUT2D eigenvalue weighted by Crippen LogP contribution is -2.33. The minimum atomic E-state index is -0.477. The highest BCUT2D eigenvalue weighted by Crippen LogP contribution is 2.45. The van der Waals surface area contributed by atoms with Crippen LogP contribution in [0, 0.1) is 5.82 Å². The third-order valence-corrected chi connectivity index (χ3v) is 4.12. The van der Waals surface area contributed by atoms with E-state index in [-0.39, 0.29) is 30.3 Å². The van der Waals surface area contributed by atoms with Crippen molar-refractivity contribution in [2.75, 3.05) is 13.7 Å². The lowest BCUT2D eigenvalue weighted by atomic mass is 10.1. The van der Waals surface area contributed by atoms with Gasteiger partial charge in [-0.05, 0) is 30.5 Å². The van der Waals surface area contributed by atoms with Crippen molar-refractivity contribution in [1.29, 1.82) is 0 Å². The molecule has 2 aliphatic rings. The lowest BCUT2D eigenvalue weighted by Gasteiger charge is -2.24. The number of benzene rings is 1. The van der Waals surface area contributed by atoms with E-state index in [0.717, 1.165) is 18.4 Å². The van der Waals surface area contributed by atoms with E-state index in [1.807, 2.05) is 0 Å². The molecule has 3 rings (SSSR count). The molecule has 1 saturated carbocycles. The van der Waals surface area contributed by atoms with Crippen LogP contribution < -0.4 is 5.32 Å². The van der Waals surface area contributed by atoms with Crippen LogP contribution in [-0.2, 0) is 14.3 Å². The van der Waals surface area contributed by atoms with Crippen molar-refractivity contribution in [3.05, 3.63) is 35.6 Å². The first-order valence-electron chi connectivity index (χ1n) is 6.97. The molecule has 1 aromatic carbocycles. The number of nitrogens with zero attached hydrogens (tertiary/aromatic N) is 1. The minimum Gasteiger partial charge on any atom is -0.469 e. The fourth-order valence-electron chi connectivity index (χ4n) is 2.73. The Morgan fingerprint density at radius 2 is 2.10 bits per heavy atom. The fraction of sp³-hybridized carbons (Fsp3) is 0.467. The van der Waals surface area contributed by atoms with Gasteiger partial charge < -0.3 is 9.64 Å². The number of carbonyl (C=O) groups is 2. The summed E-state index contributed by atoms with van der Waals surface area (Å²) in [6.07, 6.45) is 1.44. The van der Waals surface area contributed by atoms with Crippen molar-refractivity contribution in [1.82, 2.24) is 10.2 Å². The van der Waals surface area contributed by atoms with E-state index in [1.165, 1.54) is 19.2 Å². The van der Waals surface area contributed by atoms with Crippen LogP contribution in [0.3, 0.4) is 0 Å². The van der Waals surface area contributed by atoms with E-state index in [4.69, 9.17) is 0 Å². The molecular formula is C15H17FN2O3. The van der Waals surface area contributed by atoms with E-state index in [9.17, 15) is 14.0 Å². The normalized spacial score (nSPS) is 22.7. The zero-order chi connectivity index (χ0) is 15.0. The first-order valence-corrected chi connectivity index (χ1v) is 6.97. The van der Waals surface area contributed by atoms with Gasteiger partial charge in [-0.2, -0.15) is 0 Å². The second kappa shape index (κ2) is 5.11. The molecule has 0 radical (unpaired) electrons. The van der Waals surface area contributed by atoms with Crippen LogP contribution >= 0.6 is 0 Å². The van der Waals surface area contributed by atoms with E-state index in [2.05, 4.69) is 10.1 Å². The molecule has 1 amide bonds. The molecule has 1 N–H and O–H groups in total. The van der Waals surface area contributed by atoms with Gasteiger partial charge in [0.25, 0.3) is 0 Å². The van der Waals surface area contributed by atoms with Crippen LogP contribution in [0.4, 0.5) is 4.39 Å². The summed E-state index contributed by atoms with van der Waals surface area (Å²) in [4.78, 5) is 25.4. The highest BCUT2D eigenvalue weighted by Gasteiger charge is 2.59. The highest BCUT2D eigenvalue weighted by molar-refractivity contribution is 5.92. The predicted octanol–water partition coefficient (Wildman–Crippen LogP) is 1.35. The minimum absolute atomic E-state index is 0.0146. The van der Waals surface area contributed by atoms with Gasteiger partial charge in [-0.3, -0.25) is 14.9 Å². The summed E-state index contributed by atoms with van der Waals surface area (Å²) in [6.45, 7) is 0.294. The summed E-state index contributed by atoms with van der Waals surface area (Å²) in [6, 6.07) is 6.06. The average molecular weight is 292 g/mol. The number of ether oxygens (including phenoxy) is 1. The number of carbonyl (C=O) groups excluding carboxylic acids is 2. The van der Waals surface area contributed by atoms with Crippen molar-refractivity contribution < 1.29 is 18.7 Å². The number of esters is 1. The molecule has 1 spiro atoms. The van der Waals surface area contributed by atoms with Crippen LogP contribution in [0.25, 0.3) is 0 Å². The second-order valence-electron chi connectivity index (χ2n) is 5.51. The first-order chi connectivity index (χ1) is 10.1. The molecule has 21 heavy (non-hydrogen) atoms. The number of hydrogen-bond acceptors (Lipinski definition) is 4. The summed E-state index contributed by atoms with van der Waals surface area (Å²) in [5.41, 5.74) is 0.341. The monoisotopic (exact) mass is 292 g/mol. The van der Waals surface area contributed by atoms with Gasteiger partial charge in [-0.25, -0.2) is 4.39 Å². The maximum atomic E-state index is 13.0. The standard InChI is InChI=1S/C15H17FN2O3/c1-21-12(19)6-9-18-13(10-2-4-11(16)5-3-10)17-15(7-8-15)14(18)20/h2-5,13,17H,6-9H2,1H3. The van der Waals surface area contributed by atoms with E-state index in [0.29, 0.717) is 6.54 Å². The summed E-state index contributed by atoms with van der Waals surface area (Å²) in [7, 11) is 1.33. The zero-order valence-electron chi connectivity index (χ0n) is 11.8. The van der Waals surface area contributed by atoms with Gasteiger partial charge in [-0.15, -0.1) is 0 Å². The molecule has 112 valence electrons. The predicted molar refractivity (Wildman–Crippen MR) is 72.6 cm³/mol. The van der Waals surface area contributed by atoms with E-state index in [1.54, 1.807) is 17.0 Å². The third-order valence-electron chi connectivity index (χ3n) is 4.12. The maximum Gasteiger partial charge on any atom is 0.307 e. The molecule has 0 aromatic heterocycles. The van der Waals surface area contributed by atoms with Crippen LogP contribution in [0.5, 0.6) is 0 Å². The van der Waals surface area contributed by atoms with Crippen molar-refractivity contribution in [2.45, 2.75) is 31.0 Å². The average Bonchev–Trinajstić information content (AvgIpc) is 3.21. The molecule has 0 bridgehead atoms. The second-order valence-corrected chi connectivity index (χ2v) is 5.51. The largest absolute Gasteiger partial charge is 0.469 e. The van der Waals surface area contributed by atoms with Gasteiger partial charge in [0.1, 0.15) is 17.5 Å².